The maximum atomic E-state index is 12.3. The smallest absolute Gasteiger partial charge is 0.250 e. The third-order valence-electron chi connectivity index (χ3n) is 5.17. The fraction of sp³-hybridized carbons (Fsp3) is 0.227. The predicted octanol–water partition coefficient (Wildman–Crippen LogP) is 3.41. The van der Waals surface area contributed by atoms with E-state index < -0.39 is 5.91 Å². The average molecular weight is 374 g/mol. The maximum Gasteiger partial charge on any atom is 0.250 e. The van der Waals surface area contributed by atoms with Crippen LogP contribution in [0.3, 0.4) is 0 Å². The largest absolute Gasteiger partial charge is 0.380 e. The van der Waals surface area contributed by atoms with Crippen LogP contribution in [-0.2, 0) is 13.0 Å². The van der Waals surface area contributed by atoms with Crippen LogP contribution in [0.5, 0.6) is 0 Å². The van der Waals surface area contributed by atoms with Crippen LogP contribution in [0, 0.1) is 6.92 Å². The molecule has 0 radical (unpaired) electrons. The van der Waals surface area contributed by atoms with Crippen molar-refractivity contribution < 1.29 is 9.59 Å². The topological polar surface area (TPSA) is 90.0 Å². The van der Waals surface area contributed by atoms with Gasteiger partial charge >= 0.3 is 0 Å². The van der Waals surface area contributed by atoms with Gasteiger partial charge in [-0.05, 0) is 61.2 Å². The van der Waals surface area contributed by atoms with E-state index in [2.05, 4.69) is 14.9 Å². The molecule has 3 aromatic rings. The Bertz CT molecular complexity index is 1050. The van der Waals surface area contributed by atoms with Crippen molar-refractivity contribution in [3.63, 3.8) is 0 Å². The Labute approximate surface area is 163 Å². The van der Waals surface area contributed by atoms with Crippen molar-refractivity contribution in [3.05, 3.63) is 76.9 Å². The van der Waals surface area contributed by atoms with Crippen molar-refractivity contribution in [1.29, 1.82) is 0 Å². The Hall–Kier alpha value is -3.41. The fourth-order valence-electron chi connectivity index (χ4n) is 3.82. The Morgan fingerprint density at radius 2 is 2.00 bits per heavy atom. The van der Waals surface area contributed by atoms with Gasteiger partial charge in [-0.3, -0.25) is 14.6 Å². The average Bonchev–Trinajstić information content (AvgIpc) is 3.05. The van der Waals surface area contributed by atoms with Crippen molar-refractivity contribution >= 4 is 17.4 Å². The molecule has 1 aliphatic carbocycles. The number of ketones is 1. The third-order valence-corrected chi connectivity index (χ3v) is 5.17. The number of carbonyl (C=O) groups is 2. The zero-order valence-corrected chi connectivity index (χ0v) is 15.7. The van der Waals surface area contributed by atoms with Crippen molar-refractivity contribution in [1.82, 2.24) is 9.55 Å². The number of carbonyl (C=O) groups excluding carboxylic acids is 2. The zero-order valence-electron chi connectivity index (χ0n) is 15.7. The highest BCUT2D eigenvalue weighted by Crippen LogP contribution is 2.30. The lowest BCUT2D eigenvalue weighted by molar-refractivity contribution is 0.0969. The molecule has 2 heterocycles. The Morgan fingerprint density at radius 3 is 2.75 bits per heavy atom. The van der Waals surface area contributed by atoms with Gasteiger partial charge in [0, 0.05) is 54.2 Å². The number of fused-ring (bicyclic) bond motifs is 1. The van der Waals surface area contributed by atoms with Gasteiger partial charge in [-0.1, -0.05) is 0 Å². The van der Waals surface area contributed by atoms with Crippen LogP contribution in [0.25, 0.3) is 5.69 Å². The maximum absolute atomic E-state index is 12.3. The minimum atomic E-state index is -0.482. The van der Waals surface area contributed by atoms with Crippen molar-refractivity contribution in [3.8, 4) is 5.69 Å². The van der Waals surface area contributed by atoms with Gasteiger partial charge in [-0.25, -0.2) is 0 Å². The van der Waals surface area contributed by atoms with Gasteiger partial charge in [-0.2, -0.15) is 0 Å². The molecular weight excluding hydrogens is 352 g/mol. The summed E-state index contributed by atoms with van der Waals surface area (Å²) in [7, 11) is 0. The molecule has 2 aromatic heterocycles. The summed E-state index contributed by atoms with van der Waals surface area (Å²) in [6.45, 7) is 2.52. The third kappa shape index (κ3) is 3.29. The number of pyridine rings is 1. The quantitative estimate of drug-likeness (QED) is 0.716. The molecule has 0 saturated carbocycles. The highest BCUT2D eigenvalue weighted by atomic mass is 16.1. The lowest BCUT2D eigenvalue weighted by Gasteiger charge is -2.17. The Balaban J connectivity index is 1.72. The molecule has 0 saturated heterocycles. The van der Waals surface area contributed by atoms with Crippen LogP contribution in [-0.4, -0.2) is 21.2 Å². The number of benzene rings is 1. The standard InChI is InChI=1S/C22H22N4O2/c1-14-13-26(19-3-2-4-20(27)21(14)19)16-5-6-17(22(23)28)18(11-16)25-12-15-7-9-24-10-8-15/h5-11,13,25H,2-4,12H2,1H3,(H2,23,28). The summed E-state index contributed by atoms with van der Waals surface area (Å²) in [5.74, 6) is -0.271. The van der Waals surface area contributed by atoms with Crippen molar-refractivity contribution in [2.45, 2.75) is 32.7 Å². The molecule has 0 spiro atoms. The van der Waals surface area contributed by atoms with Gasteiger partial charge in [0.1, 0.15) is 0 Å². The highest BCUT2D eigenvalue weighted by molar-refractivity contribution is 6.00. The van der Waals surface area contributed by atoms with Crippen molar-refractivity contribution in [2.24, 2.45) is 5.73 Å². The molecule has 0 unspecified atom stereocenters. The number of primary amides is 1. The first-order chi connectivity index (χ1) is 13.5. The molecule has 0 aliphatic heterocycles. The summed E-state index contributed by atoms with van der Waals surface area (Å²) in [6, 6.07) is 9.35. The molecule has 4 rings (SSSR count). The van der Waals surface area contributed by atoms with Gasteiger partial charge < -0.3 is 15.6 Å². The van der Waals surface area contributed by atoms with E-state index in [1.165, 1.54) is 0 Å². The molecule has 1 amide bonds. The van der Waals surface area contributed by atoms with E-state index in [-0.39, 0.29) is 5.78 Å². The van der Waals surface area contributed by atoms with E-state index in [9.17, 15) is 9.59 Å². The number of nitrogens with zero attached hydrogens (tertiary/aromatic N) is 2. The number of anilines is 1. The van der Waals surface area contributed by atoms with Gasteiger partial charge in [0.15, 0.2) is 5.78 Å². The van der Waals surface area contributed by atoms with Crippen molar-refractivity contribution in [2.75, 3.05) is 5.32 Å². The zero-order chi connectivity index (χ0) is 19.7. The lowest BCUT2D eigenvalue weighted by atomic mass is 9.94. The van der Waals surface area contributed by atoms with Crippen LogP contribution >= 0.6 is 0 Å². The molecule has 6 nitrogen and oxygen atoms in total. The molecule has 142 valence electrons. The Morgan fingerprint density at radius 1 is 1.21 bits per heavy atom. The first-order valence-corrected chi connectivity index (χ1v) is 9.35. The second kappa shape index (κ2) is 7.31. The first kappa shape index (κ1) is 18.0. The number of amides is 1. The van der Waals surface area contributed by atoms with Crippen LogP contribution in [0.1, 0.15) is 50.4 Å². The normalized spacial score (nSPS) is 13.2. The monoisotopic (exact) mass is 374 g/mol. The van der Waals surface area contributed by atoms with Gasteiger partial charge in [0.25, 0.3) is 5.91 Å². The molecule has 3 N–H and O–H groups in total. The predicted molar refractivity (Wildman–Crippen MR) is 108 cm³/mol. The molecule has 6 heteroatoms. The number of rotatable bonds is 5. The summed E-state index contributed by atoms with van der Waals surface area (Å²) in [6.07, 6.45) is 7.80. The van der Waals surface area contributed by atoms with E-state index in [0.717, 1.165) is 40.9 Å². The number of aromatic nitrogens is 2. The van der Waals surface area contributed by atoms with Gasteiger partial charge in [0.2, 0.25) is 0 Å². The van der Waals surface area contributed by atoms with Gasteiger partial charge in [0.05, 0.1) is 5.56 Å². The first-order valence-electron chi connectivity index (χ1n) is 9.35. The number of nitrogens with one attached hydrogen (secondary N) is 1. The molecule has 0 bridgehead atoms. The van der Waals surface area contributed by atoms with E-state index in [0.29, 0.717) is 24.2 Å². The summed E-state index contributed by atoms with van der Waals surface area (Å²) in [5, 5.41) is 3.31. The summed E-state index contributed by atoms with van der Waals surface area (Å²) >= 11 is 0. The molecule has 0 fully saturated rings. The lowest BCUT2D eigenvalue weighted by Crippen LogP contribution is -2.16. The summed E-state index contributed by atoms with van der Waals surface area (Å²) < 4.78 is 2.06. The number of Topliss-reactive ketones (excluding diaryl/α,β-unsaturated/α-hetero) is 1. The molecule has 28 heavy (non-hydrogen) atoms. The SMILES string of the molecule is Cc1cn(-c2ccc(C(N)=O)c(NCc3ccncc3)c2)c2c1C(=O)CCC2. The minimum absolute atomic E-state index is 0.210. The van der Waals surface area contributed by atoms with E-state index in [1.807, 2.05) is 37.4 Å². The minimum Gasteiger partial charge on any atom is -0.380 e. The number of nitrogens with two attached hydrogens (primary N) is 1. The van der Waals surface area contributed by atoms with Crippen LogP contribution in [0.4, 0.5) is 5.69 Å². The van der Waals surface area contributed by atoms with Gasteiger partial charge in [-0.15, -0.1) is 0 Å². The summed E-state index contributed by atoms with van der Waals surface area (Å²) in [5.41, 5.74) is 11.5. The molecular formula is C22H22N4O2. The summed E-state index contributed by atoms with van der Waals surface area (Å²) in [4.78, 5) is 28.2. The Kier molecular flexibility index (Phi) is 4.69. The molecule has 1 aliphatic rings. The second-order valence-corrected chi connectivity index (χ2v) is 7.08. The number of aryl methyl sites for hydroxylation is 1. The van der Waals surface area contributed by atoms with Crippen LogP contribution in [0.15, 0.2) is 48.9 Å². The van der Waals surface area contributed by atoms with Crippen LogP contribution in [0.2, 0.25) is 0 Å². The number of hydrogen-bond acceptors (Lipinski definition) is 4. The van der Waals surface area contributed by atoms with E-state index in [4.69, 9.17) is 5.73 Å². The van der Waals surface area contributed by atoms with Crippen LogP contribution < -0.4 is 11.1 Å². The highest BCUT2D eigenvalue weighted by Gasteiger charge is 2.24. The molecule has 1 aromatic carbocycles. The van der Waals surface area contributed by atoms with E-state index >= 15 is 0 Å². The second-order valence-electron chi connectivity index (χ2n) is 7.08. The number of hydrogen-bond donors (Lipinski definition) is 2. The fourth-order valence-corrected chi connectivity index (χ4v) is 3.82. The van der Waals surface area contributed by atoms with E-state index in [1.54, 1.807) is 18.5 Å². The molecule has 0 atom stereocenters.